The fourth-order valence-electron chi connectivity index (χ4n) is 0.393. The van der Waals surface area contributed by atoms with Crippen LogP contribution in [-0.2, 0) is 0 Å². The Labute approximate surface area is 67.9 Å². The summed E-state index contributed by atoms with van der Waals surface area (Å²) in [6.07, 6.45) is 9.50. The molecule has 1 aliphatic carbocycles. The van der Waals surface area contributed by atoms with Gasteiger partial charge in [0.1, 0.15) is 0 Å². The Bertz CT molecular complexity index is 62.0. The van der Waals surface area contributed by atoms with E-state index in [0.717, 1.165) is 6.42 Å². The minimum absolute atomic E-state index is 0. The summed E-state index contributed by atoms with van der Waals surface area (Å²) in [5.74, 6) is 0. The summed E-state index contributed by atoms with van der Waals surface area (Å²) in [6, 6.07) is 0. The number of rotatable bonds is 0. The van der Waals surface area contributed by atoms with Crippen LogP contribution in [0.1, 0.15) is 6.42 Å². The Hall–Kier alpha value is 0.740. The summed E-state index contributed by atoms with van der Waals surface area (Å²) in [6.45, 7) is 0. The summed E-state index contributed by atoms with van der Waals surface area (Å²) < 4.78 is 0. The molecule has 1 rings (SSSR count). The first-order valence-corrected chi connectivity index (χ1v) is 1.82. The van der Waals surface area contributed by atoms with Crippen LogP contribution in [-0.4, -0.2) is 0 Å². The molecule has 1 aliphatic rings. The molecule has 0 fully saturated rings. The predicted molar refractivity (Wildman–Crippen MR) is 22.9 cm³/mol. The first kappa shape index (κ1) is 6.74. The second-order valence-electron chi connectivity index (χ2n) is 1.09. The van der Waals surface area contributed by atoms with Gasteiger partial charge < -0.3 is 0 Å². The maximum Gasteiger partial charge on any atom is 0 e. The van der Waals surface area contributed by atoms with Gasteiger partial charge in [0.15, 0.2) is 0 Å². The second-order valence-corrected chi connectivity index (χ2v) is 1.09. The molecule has 6 heavy (non-hydrogen) atoms. The van der Waals surface area contributed by atoms with Crippen LogP contribution in [0, 0.1) is 37.7 Å². The molecule has 0 nitrogen and oxygen atoms in total. The molecule has 0 aromatic heterocycles. The van der Waals surface area contributed by atoms with Crippen molar-refractivity contribution in [3.8, 4) is 0 Å². The number of hydrogen-bond acceptors (Lipinski definition) is 0. The van der Waals surface area contributed by atoms with Gasteiger partial charge in [-0.1, -0.05) is 24.3 Å². The Morgan fingerprint density at radius 3 is 1.67 bits per heavy atom. The zero-order valence-corrected chi connectivity index (χ0v) is 4.08. The molecule has 1 heteroatoms. The molecule has 0 aliphatic heterocycles. The van der Waals surface area contributed by atoms with E-state index in [4.69, 9.17) is 0 Å². The standard InChI is InChI=1S/C5H6.Ar/c1-2-4-5-3-1;/h1-4H,5H2;. The van der Waals surface area contributed by atoms with Crippen molar-refractivity contribution < 1.29 is 37.7 Å². The van der Waals surface area contributed by atoms with Crippen LogP contribution in [0.25, 0.3) is 0 Å². The van der Waals surface area contributed by atoms with E-state index in [2.05, 4.69) is 24.3 Å². The Balaban J connectivity index is 0.000000250. The predicted octanol–water partition coefficient (Wildman–Crippen LogP) is 1.50. The minimum Gasteiger partial charge on any atom is -0.0808 e. The molecule has 0 spiro atoms. The number of allylic oxidation sites excluding steroid dienone is 4. The molecule has 0 aromatic carbocycles. The van der Waals surface area contributed by atoms with E-state index in [1.165, 1.54) is 0 Å². The Morgan fingerprint density at radius 1 is 1.00 bits per heavy atom. The zero-order valence-electron chi connectivity index (χ0n) is 3.37. The van der Waals surface area contributed by atoms with E-state index in [1.807, 2.05) is 0 Å². The molecule has 0 radical (unpaired) electrons. The molecule has 0 heterocycles. The molecule has 0 aromatic rings. The summed E-state index contributed by atoms with van der Waals surface area (Å²) in [7, 11) is 0. The van der Waals surface area contributed by atoms with Gasteiger partial charge >= 0.3 is 0 Å². The average molecular weight is 106 g/mol. The molecule has 0 bridgehead atoms. The normalized spacial score (nSPS) is 14.7. The maximum atomic E-state index is 2.12. The van der Waals surface area contributed by atoms with E-state index in [1.54, 1.807) is 0 Å². The van der Waals surface area contributed by atoms with E-state index in [-0.39, 0.29) is 37.7 Å². The van der Waals surface area contributed by atoms with Gasteiger partial charge in [-0.2, -0.15) is 0 Å². The zero-order chi connectivity index (χ0) is 3.54. The molecule has 0 unspecified atom stereocenters. The molecule has 34 valence electrons. The second kappa shape index (κ2) is 3.91. The summed E-state index contributed by atoms with van der Waals surface area (Å²) >= 11 is 0. The van der Waals surface area contributed by atoms with Crippen molar-refractivity contribution in [3.63, 3.8) is 0 Å². The van der Waals surface area contributed by atoms with Crippen LogP contribution >= 0.6 is 0 Å². The molecule has 0 N–H and O–H groups in total. The van der Waals surface area contributed by atoms with E-state index in [9.17, 15) is 0 Å². The quantitative estimate of drug-likeness (QED) is 0.439. The maximum absolute atomic E-state index is 2.12. The van der Waals surface area contributed by atoms with Gasteiger partial charge in [0.05, 0.1) is 0 Å². The first-order chi connectivity index (χ1) is 2.50. The number of hydrogen-bond donors (Lipinski definition) is 0. The summed E-state index contributed by atoms with van der Waals surface area (Å²) in [4.78, 5) is 0. The molecule has 0 amide bonds. The third-order valence-electron chi connectivity index (χ3n) is 0.655. The fourth-order valence-corrected chi connectivity index (χ4v) is 0.393. The molecule has 0 atom stereocenters. The van der Waals surface area contributed by atoms with Crippen LogP contribution in [0.3, 0.4) is 0 Å². The minimum atomic E-state index is 0. The van der Waals surface area contributed by atoms with E-state index < -0.39 is 0 Å². The van der Waals surface area contributed by atoms with Crippen LogP contribution in [0.4, 0.5) is 0 Å². The van der Waals surface area contributed by atoms with Crippen molar-refractivity contribution in [2.45, 2.75) is 6.42 Å². The van der Waals surface area contributed by atoms with Crippen molar-refractivity contribution in [2.24, 2.45) is 0 Å². The van der Waals surface area contributed by atoms with Crippen LogP contribution in [0.2, 0.25) is 0 Å². The van der Waals surface area contributed by atoms with E-state index in [0.29, 0.717) is 0 Å². The van der Waals surface area contributed by atoms with Gasteiger partial charge in [-0.3, -0.25) is 0 Å². The third kappa shape index (κ3) is 2.01. The summed E-state index contributed by atoms with van der Waals surface area (Å²) in [5.41, 5.74) is 0. The van der Waals surface area contributed by atoms with Gasteiger partial charge in [0, 0.05) is 37.7 Å². The van der Waals surface area contributed by atoms with Gasteiger partial charge in [-0.05, 0) is 6.42 Å². The van der Waals surface area contributed by atoms with Gasteiger partial charge in [0.2, 0.25) is 0 Å². The van der Waals surface area contributed by atoms with Crippen LogP contribution in [0.5, 0.6) is 0 Å². The molecule has 0 saturated carbocycles. The van der Waals surface area contributed by atoms with Crippen LogP contribution in [0.15, 0.2) is 24.3 Å². The van der Waals surface area contributed by atoms with Crippen molar-refractivity contribution in [2.75, 3.05) is 0 Å². The van der Waals surface area contributed by atoms with Crippen molar-refractivity contribution in [3.05, 3.63) is 24.3 Å². The van der Waals surface area contributed by atoms with Crippen molar-refractivity contribution in [1.82, 2.24) is 0 Å². The van der Waals surface area contributed by atoms with E-state index >= 15 is 0 Å². The summed E-state index contributed by atoms with van der Waals surface area (Å²) in [5, 5.41) is 0. The van der Waals surface area contributed by atoms with Crippen molar-refractivity contribution in [1.29, 1.82) is 0 Å². The molecular weight excluding hydrogens is 100 g/mol. The topological polar surface area (TPSA) is 0 Å². The first-order valence-electron chi connectivity index (χ1n) is 1.82. The van der Waals surface area contributed by atoms with Gasteiger partial charge in [-0.15, -0.1) is 0 Å². The van der Waals surface area contributed by atoms with Crippen LogP contribution < -0.4 is 0 Å². The van der Waals surface area contributed by atoms with Gasteiger partial charge in [-0.25, -0.2) is 0 Å². The molecular formula is C5H6Ar. The fraction of sp³-hybridized carbons (Fsp3) is 0.200. The largest absolute Gasteiger partial charge is 0.0808 e. The SMILES string of the molecule is C1=CCC=C1.[Ar]. The average Bonchev–Trinajstić information content (AvgIpc) is 1.76. The smallest absolute Gasteiger partial charge is 0 e. The Morgan fingerprint density at radius 2 is 1.50 bits per heavy atom. The Kier molecular flexibility index (Phi) is 4.40. The monoisotopic (exact) mass is 106 g/mol. The van der Waals surface area contributed by atoms with Gasteiger partial charge in [0.25, 0.3) is 0 Å². The third-order valence-corrected chi connectivity index (χ3v) is 0.655. The van der Waals surface area contributed by atoms with Crippen molar-refractivity contribution >= 4 is 0 Å². The molecule has 0 saturated heterocycles.